The molecule has 90 valence electrons. The standard InChI is InChI=1S/C12H19NO2S/c1-10(2)12(9-13-16(3,14)15)11-7-5-4-6-8-11/h4-8,10,12-13H,9H2,1-3H3. The highest BCUT2D eigenvalue weighted by Gasteiger charge is 2.16. The Bertz CT molecular complexity index is 412. The van der Waals surface area contributed by atoms with Gasteiger partial charge >= 0.3 is 0 Å². The van der Waals surface area contributed by atoms with Gasteiger partial charge in [0.25, 0.3) is 0 Å². The molecule has 1 atom stereocenters. The second-order valence-corrected chi connectivity index (χ2v) is 6.21. The highest BCUT2D eigenvalue weighted by atomic mass is 32.2. The van der Waals surface area contributed by atoms with Crippen LogP contribution in [0.15, 0.2) is 30.3 Å². The fraction of sp³-hybridized carbons (Fsp3) is 0.500. The van der Waals surface area contributed by atoms with Crippen molar-refractivity contribution in [1.82, 2.24) is 4.72 Å². The van der Waals surface area contributed by atoms with Gasteiger partial charge in [-0.15, -0.1) is 0 Å². The van der Waals surface area contributed by atoms with Gasteiger partial charge in [0.2, 0.25) is 10.0 Å². The summed E-state index contributed by atoms with van der Waals surface area (Å²) in [5, 5.41) is 0. The van der Waals surface area contributed by atoms with E-state index in [4.69, 9.17) is 0 Å². The summed E-state index contributed by atoms with van der Waals surface area (Å²) in [6.07, 6.45) is 1.19. The molecule has 1 aromatic rings. The summed E-state index contributed by atoms with van der Waals surface area (Å²) in [5.74, 6) is 0.618. The van der Waals surface area contributed by atoms with E-state index < -0.39 is 10.0 Å². The van der Waals surface area contributed by atoms with Crippen LogP contribution in [0.3, 0.4) is 0 Å². The molecule has 0 aliphatic rings. The quantitative estimate of drug-likeness (QED) is 0.856. The van der Waals surface area contributed by atoms with E-state index in [0.717, 1.165) is 0 Å². The predicted octanol–water partition coefficient (Wildman–Crippen LogP) is 1.98. The minimum atomic E-state index is -3.11. The summed E-state index contributed by atoms with van der Waals surface area (Å²) >= 11 is 0. The van der Waals surface area contributed by atoms with Crippen LogP contribution in [-0.2, 0) is 10.0 Å². The smallest absolute Gasteiger partial charge is 0.208 e. The molecule has 1 aromatic carbocycles. The second-order valence-electron chi connectivity index (χ2n) is 4.38. The topological polar surface area (TPSA) is 46.2 Å². The van der Waals surface area contributed by atoms with Crippen LogP contribution in [0.5, 0.6) is 0 Å². The van der Waals surface area contributed by atoms with Crippen molar-refractivity contribution in [2.45, 2.75) is 19.8 Å². The summed E-state index contributed by atoms with van der Waals surface area (Å²) in [6.45, 7) is 4.66. The monoisotopic (exact) mass is 241 g/mol. The molecule has 0 aliphatic heterocycles. The van der Waals surface area contributed by atoms with Gasteiger partial charge in [-0.2, -0.15) is 0 Å². The van der Waals surface area contributed by atoms with Crippen LogP contribution in [-0.4, -0.2) is 21.2 Å². The Morgan fingerprint density at radius 2 is 1.75 bits per heavy atom. The third-order valence-electron chi connectivity index (χ3n) is 2.60. The van der Waals surface area contributed by atoms with Crippen molar-refractivity contribution in [1.29, 1.82) is 0 Å². The minimum absolute atomic E-state index is 0.218. The van der Waals surface area contributed by atoms with E-state index in [0.29, 0.717) is 12.5 Å². The molecule has 0 bridgehead atoms. The van der Waals surface area contributed by atoms with Gasteiger partial charge in [0.1, 0.15) is 0 Å². The van der Waals surface area contributed by atoms with Crippen molar-refractivity contribution in [3.8, 4) is 0 Å². The van der Waals surface area contributed by atoms with Crippen molar-refractivity contribution in [2.24, 2.45) is 5.92 Å². The molecule has 0 aromatic heterocycles. The number of rotatable bonds is 5. The molecule has 0 saturated carbocycles. The van der Waals surface area contributed by atoms with E-state index in [-0.39, 0.29) is 5.92 Å². The molecular formula is C12H19NO2S. The summed E-state index contributed by atoms with van der Waals surface area (Å²) in [5.41, 5.74) is 1.17. The molecule has 4 heteroatoms. The molecule has 0 aliphatic carbocycles. The fourth-order valence-corrected chi connectivity index (χ4v) is 2.16. The van der Waals surface area contributed by atoms with E-state index in [9.17, 15) is 8.42 Å². The molecular weight excluding hydrogens is 222 g/mol. The van der Waals surface area contributed by atoms with Crippen LogP contribution in [0.25, 0.3) is 0 Å². The molecule has 1 rings (SSSR count). The first-order valence-corrected chi connectivity index (χ1v) is 7.29. The van der Waals surface area contributed by atoms with E-state index in [1.165, 1.54) is 11.8 Å². The maximum Gasteiger partial charge on any atom is 0.208 e. The van der Waals surface area contributed by atoms with Gasteiger partial charge in [-0.05, 0) is 17.4 Å². The van der Waals surface area contributed by atoms with Crippen LogP contribution in [0, 0.1) is 5.92 Å². The minimum Gasteiger partial charge on any atom is -0.215 e. The Kier molecular flexibility index (Phi) is 4.50. The van der Waals surface area contributed by atoms with Crippen LogP contribution in [0.4, 0.5) is 0 Å². The Morgan fingerprint density at radius 3 is 2.19 bits per heavy atom. The average molecular weight is 241 g/mol. The highest BCUT2D eigenvalue weighted by Crippen LogP contribution is 2.23. The maximum absolute atomic E-state index is 11.1. The number of nitrogens with one attached hydrogen (secondary N) is 1. The Labute approximate surface area is 97.9 Å². The van der Waals surface area contributed by atoms with Crippen molar-refractivity contribution in [3.63, 3.8) is 0 Å². The summed E-state index contributed by atoms with van der Waals surface area (Å²) in [6, 6.07) is 9.99. The summed E-state index contributed by atoms with van der Waals surface area (Å²) in [4.78, 5) is 0. The first-order chi connectivity index (χ1) is 7.40. The lowest BCUT2D eigenvalue weighted by Gasteiger charge is -2.21. The van der Waals surface area contributed by atoms with Gasteiger partial charge in [-0.1, -0.05) is 44.2 Å². The van der Waals surface area contributed by atoms with Crippen molar-refractivity contribution < 1.29 is 8.42 Å². The van der Waals surface area contributed by atoms with Crippen molar-refractivity contribution in [3.05, 3.63) is 35.9 Å². The van der Waals surface area contributed by atoms with Gasteiger partial charge in [0.05, 0.1) is 6.26 Å². The van der Waals surface area contributed by atoms with Crippen LogP contribution >= 0.6 is 0 Å². The van der Waals surface area contributed by atoms with Gasteiger partial charge in [0, 0.05) is 6.54 Å². The van der Waals surface area contributed by atoms with E-state index in [1.807, 2.05) is 30.3 Å². The van der Waals surface area contributed by atoms with Gasteiger partial charge in [-0.3, -0.25) is 0 Å². The zero-order valence-electron chi connectivity index (χ0n) is 9.97. The zero-order valence-corrected chi connectivity index (χ0v) is 10.8. The molecule has 0 spiro atoms. The van der Waals surface area contributed by atoms with Crippen molar-refractivity contribution in [2.75, 3.05) is 12.8 Å². The zero-order chi connectivity index (χ0) is 12.2. The van der Waals surface area contributed by atoms with Gasteiger partial charge in [0.15, 0.2) is 0 Å². The third-order valence-corrected chi connectivity index (χ3v) is 3.29. The lowest BCUT2D eigenvalue weighted by atomic mass is 9.89. The predicted molar refractivity (Wildman–Crippen MR) is 66.9 cm³/mol. The van der Waals surface area contributed by atoms with E-state index in [1.54, 1.807) is 0 Å². The van der Waals surface area contributed by atoms with Crippen molar-refractivity contribution >= 4 is 10.0 Å². The largest absolute Gasteiger partial charge is 0.215 e. The molecule has 1 unspecified atom stereocenters. The lowest BCUT2D eigenvalue weighted by molar-refractivity contribution is 0.486. The molecule has 0 radical (unpaired) electrons. The normalized spacial score (nSPS) is 14.0. The van der Waals surface area contributed by atoms with Gasteiger partial charge < -0.3 is 0 Å². The number of hydrogen-bond donors (Lipinski definition) is 1. The maximum atomic E-state index is 11.1. The first-order valence-electron chi connectivity index (χ1n) is 5.39. The SMILES string of the molecule is CC(C)C(CNS(C)(=O)=O)c1ccccc1. The van der Waals surface area contributed by atoms with Crippen LogP contribution in [0.1, 0.15) is 25.3 Å². The van der Waals surface area contributed by atoms with Gasteiger partial charge in [-0.25, -0.2) is 13.1 Å². The first kappa shape index (κ1) is 13.2. The Hall–Kier alpha value is -0.870. The second kappa shape index (κ2) is 5.46. The van der Waals surface area contributed by atoms with Crippen LogP contribution < -0.4 is 4.72 Å². The lowest BCUT2D eigenvalue weighted by Crippen LogP contribution is -2.29. The number of sulfonamides is 1. The number of hydrogen-bond acceptors (Lipinski definition) is 2. The third kappa shape index (κ3) is 4.33. The molecule has 3 nitrogen and oxygen atoms in total. The Morgan fingerprint density at radius 1 is 1.19 bits per heavy atom. The van der Waals surface area contributed by atoms with Crippen LogP contribution in [0.2, 0.25) is 0 Å². The number of benzene rings is 1. The highest BCUT2D eigenvalue weighted by molar-refractivity contribution is 7.88. The fourth-order valence-electron chi connectivity index (χ4n) is 1.68. The molecule has 0 fully saturated rings. The molecule has 1 N–H and O–H groups in total. The summed E-state index contributed by atoms with van der Waals surface area (Å²) in [7, 11) is -3.11. The van der Waals surface area contributed by atoms with E-state index in [2.05, 4.69) is 18.6 Å². The van der Waals surface area contributed by atoms with E-state index >= 15 is 0 Å². The average Bonchev–Trinajstić information content (AvgIpc) is 2.17. The molecule has 0 heterocycles. The molecule has 0 amide bonds. The Balaban J connectivity index is 2.77. The molecule has 0 saturated heterocycles. The molecule has 16 heavy (non-hydrogen) atoms. The summed E-state index contributed by atoms with van der Waals surface area (Å²) < 4.78 is 24.7.